The van der Waals surface area contributed by atoms with Crippen molar-refractivity contribution in [2.75, 3.05) is 13.1 Å². The second kappa shape index (κ2) is 6.62. The lowest BCUT2D eigenvalue weighted by Gasteiger charge is -2.32. The summed E-state index contributed by atoms with van der Waals surface area (Å²) in [5.41, 5.74) is 0.940. The van der Waals surface area contributed by atoms with E-state index in [1.54, 1.807) is 0 Å². The van der Waals surface area contributed by atoms with Crippen molar-refractivity contribution in [1.29, 1.82) is 0 Å². The number of halogens is 1. The van der Waals surface area contributed by atoms with Crippen LogP contribution in [0.15, 0.2) is 41.6 Å². The van der Waals surface area contributed by atoms with Crippen LogP contribution >= 0.6 is 0 Å². The fourth-order valence-electron chi connectivity index (χ4n) is 3.17. The molecule has 1 aromatic carbocycles. The second-order valence-electron chi connectivity index (χ2n) is 7.80. The number of rotatable bonds is 3. The van der Waals surface area contributed by atoms with Gasteiger partial charge in [-0.3, -0.25) is 4.90 Å². The molecule has 0 amide bonds. The van der Waals surface area contributed by atoms with Crippen LogP contribution in [-0.4, -0.2) is 36.3 Å². The molecule has 1 aromatic rings. The van der Waals surface area contributed by atoms with E-state index >= 15 is 0 Å². The van der Waals surface area contributed by atoms with Crippen molar-refractivity contribution in [3.05, 3.63) is 47.2 Å². The van der Waals surface area contributed by atoms with E-state index in [1.807, 2.05) is 33.8 Å². The average molecular weight is 331 g/mol. The topological polar surface area (TPSA) is 21.7 Å². The number of benzene rings is 1. The molecule has 0 bridgehead atoms. The molecule has 2 fully saturated rings. The molecule has 3 nitrogen and oxygen atoms in total. The highest BCUT2D eigenvalue weighted by molar-refractivity contribution is 6.53. The van der Waals surface area contributed by atoms with Gasteiger partial charge in [-0.25, -0.2) is 4.39 Å². The van der Waals surface area contributed by atoms with E-state index in [0.29, 0.717) is 0 Å². The van der Waals surface area contributed by atoms with Gasteiger partial charge in [0.15, 0.2) is 0 Å². The maximum Gasteiger partial charge on any atom is 0.525 e. The van der Waals surface area contributed by atoms with E-state index in [4.69, 9.17) is 9.31 Å². The molecule has 0 atom stereocenters. The molecule has 2 heterocycles. The Morgan fingerprint density at radius 2 is 1.58 bits per heavy atom. The molecule has 2 saturated heterocycles. The van der Waals surface area contributed by atoms with Gasteiger partial charge in [0.1, 0.15) is 5.73 Å². The Bertz CT molecular complexity index is 589. The van der Waals surface area contributed by atoms with Crippen molar-refractivity contribution < 1.29 is 13.7 Å². The van der Waals surface area contributed by atoms with Gasteiger partial charge in [-0.1, -0.05) is 30.3 Å². The molecule has 2 aliphatic rings. The summed E-state index contributed by atoms with van der Waals surface area (Å²) < 4.78 is 26.5. The van der Waals surface area contributed by atoms with Crippen LogP contribution in [0.5, 0.6) is 0 Å². The molecular weight excluding hydrogens is 304 g/mol. The summed E-state index contributed by atoms with van der Waals surface area (Å²) in [5.74, 6) is 0. The summed E-state index contributed by atoms with van der Waals surface area (Å²) in [6, 6.07) is 10.4. The fraction of sp³-hybridized carbons (Fsp3) is 0.579. The Morgan fingerprint density at radius 3 is 2.12 bits per heavy atom. The number of hydrogen-bond donors (Lipinski definition) is 0. The molecule has 130 valence electrons. The van der Waals surface area contributed by atoms with E-state index in [1.165, 1.54) is 5.56 Å². The summed E-state index contributed by atoms with van der Waals surface area (Å²) in [6.07, 6.45) is 1.48. The zero-order valence-electron chi connectivity index (χ0n) is 15.1. The normalized spacial score (nSPS) is 23.5. The summed E-state index contributed by atoms with van der Waals surface area (Å²) in [6.45, 7) is 10.5. The maximum absolute atomic E-state index is 14.8. The molecule has 0 saturated carbocycles. The van der Waals surface area contributed by atoms with Crippen LogP contribution in [0.25, 0.3) is 0 Å². The highest BCUT2D eigenvalue weighted by Gasteiger charge is 2.53. The summed E-state index contributed by atoms with van der Waals surface area (Å²) in [4.78, 5) is 2.37. The molecular formula is C19H27BFNO2. The van der Waals surface area contributed by atoms with Crippen LogP contribution in [0, 0.1) is 0 Å². The smallest absolute Gasteiger partial charge is 0.398 e. The number of likely N-dealkylation sites (tertiary alicyclic amines) is 1. The molecule has 0 spiro atoms. The third-order valence-electron chi connectivity index (χ3n) is 5.51. The lowest BCUT2D eigenvalue weighted by molar-refractivity contribution is 0.00578. The van der Waals surface area contributed by atoms with Gasteiger partial charge in [0.05, 0.1) is 11.2 Å². The Hall–Kier alpha value is -1.17. The molecule has 0 aliphatic carbocycles. The summed E-state index contributed by atoms with van der Waals surface area (Å²) in [7, 11) is -0.856. The lowest BCUT2D eigenvalue weighted by atomic mass is 9.82. The van der Waals surface area contributed by atoms with Gasteiger partial charge in [-0.15, -0.1) is 0 Å². The van der Waals surface area contributed by atoms with Crippen molar-refractivity contribution >= 4 is 7.12 Å². The van der Waals surface area contributed by atoms with Gasteiger partial charge in [0.2, 0.25) is 0 Å². The van der Waals surface area contributed by atoms with Crippen LogP contribution in [0.2, 0.25) is 0 Å². The zero-order chi connectivity index (χ0) is 17.4. The van der Waals surface area contributed by atoms with Crippen molar-refractivity contribution in [1.82, 2.24) is 4.90 Å². The quantitative estimate of drug-likeness (QED) is 0.777. The van der Waals surface area contributed by atoms with E-state index in [-0.39, 0.29) is 5.73 Å². The maximum atomic E-state index is 14.8. The molecule has 0 aromatic heterocycles. The van der Waals surface area contributed by atoms with E-state index in [2.05, 4.69) is 29.2 Å². The first kappa shape index (κ1) is 17.7. The average Bonchev–Trinajstić information content (AvgIpc) is 2.76. The number of hydrogen-bond acceptors (Lipinski definition) is 3. The van der Waals surface area contributed by atoms with Gasteiger partial charge < -0.3 is 9.31 Å². The Labute approximate surface area is 145 Å². The van der Waals surface area contributed by atoms with E-state index in [9.17, 15) is 4.39 Å². The van der Waals surface area contributed by atoms with Crippen LogP contribution in [-0.2, 0) is 15.9 Å². The molecule has 3 rings (SSSR count). The highest BCUT2D eigenvalue weighted by Crippen LogP contribution is 2.40. The minimum atomic E-state index is -0.856. The van der Waals surface area contributed by atoms with Gasteiger partial charge in [-0.05, 0) is 51.7 Å². The van der Waals surface area contributed by atoms with Crippen molar-refractivity contribution in [2.45, 2.75) is 58.3 Å². The van der Waals surface area contributed by atoms with Crippen LogP contribution in [0.4, 0.5) is 4.39 Å². The van der Waals surface area contributed by atoms with E-state index in [0.717, 1.165) is 38.0 Å². The highest BCUT2D eigenvalue weighted by atomic mass is 19.1. The number of nitrogens with zero attached hydrogens (tertiary/aromatic N) is 1. The Kier molecular flexibility index (Phi) is 4.87. The predicted octanol–water partition coefficient (Wildman–Crippen LogP) is 4.14. The van der Waals surface area contributed by atoms with Gasteiger partial charge in [0.25, 0.3) is 0 Å². The van der Waals surface area contributed by atoms with Gasteiger partial charge in [-0.2, -0.15) is 0 Å². The molecule has 5 heteroatoms. The molecule has 0 radical (unpaired) electrons. The first-order valence-electron chi connectivity index (χ1n) is 8.78. The predicted molar refractivity (Wildman–Crippen MR) is 95.2 cm³/mol. The lowest BCUT2D eigenvalue weighted by Crippen LogP contribution is -2.41. The van der Waals surface area contributed by atoms with E-state index < -0.39 is 18.3 Å². The summed E-state index contributed by atoms with van der Waals surface area (Å²) in [5, 5.41) is 0. The van der Waals surface area contributed by atoms with Crippen LogP contribution in [0.1, 0.15) is 46.1 Å². The fourth-order valence-corrected chi connectivity index (χ4v) is 3.17. The van der Waals surface area contributed by atoms with Crippen molar-refractivity contribution in [3.8, 4) is 0 Å². The largest absolute Gasteiger partial charge is 0.525 e. The minimum Gasteiger partial charge on any atom is -0.398 e. The second-order valence-corrected chi connectivity index (χ2v) is 7.80. The number of piperidine rings is 1. The van der Waals surface area contributed by atoms with Gasteiger partial charge >= 0.3 is 7.12 Å². The monoisotopic (exact) mass is 331 g/mol. The summed E-state index contributed by atoms with van der Waals surface area (Å²) >= 11 is 0. The van der Waals surface area contributed by atoms with Crippen molar-refractivity contribution in [3.63, 3.8) is 0 Å². The molecule has 2 aliphatic heterocycles. The standard InChI is InChI=1S/C19H27BFNO2/c1-18(2)19(3,4)24-20(23-18)17(21)16-10-12-22(13-11-16)14-15-8-6-5-7-9-15/h5-9H,10-14H2,1-4H3. The molecule has 0 unspecified atom stereocenters. The van der Waals surface area contributed by atoms with Crippen molar-refractivity contribution in [2.24, 2.45) is 0 Å². The van der Waals surface area contributed by atoms with Crippen LogP contribution < -0.4 is 0 Å². The first-order chi connectivity index (χ1) is 11.3. The molecule has 0 N–H and O–H groups in total. The Balaban J connectivity index is 1.60. The first-order valence-corrected chi connectivity index (χ1v) is 8.78. The van der Waals surface area contributed by atoms with Gasteiger partial charge in [0, 0.05) is 19.6 Å². The molecule has 24 heavy (non-hydrogen) atoms. The van der Waals surface area contributed by atoms with Crippen LogP contribution in [0.3, 0.4) is 0 Å². The minimum absolute atomic E-state index is 0.215. The zero-order valence-corrected chi connectivity index (χ0v) is 15.1. The SMILES string of the molecule is CC1(C)OB(C(F)=C2CCN(Cc3ccccc3)CC2)OC1(C)C. The third-order valence-corrected chi connectivity index (χ3v) is 5.51. The Morgan fingerprint density at radius 1 is 1.04 bits per heavy atom. The third kappa shape index (κ3) is 3.58.